The minimum Gasteiger partial charge on any atom is -0.301 e. The number of halogens is 2. The second-order valence-electron chi connectivity index (χ2n) is 5.34. The minimum atomic E-state index is 0.207. The van der Waals surface area contributed by atoms with Gasteiger partial charge in [0.1, 0.15) is 0 Å². The van der Waals surface area contributed by atoms with Gasteiger partial charge in [0.05, 0.1) is 0 Å². The first-order valence-electron chi connectivity index (χ1n) is 7.77. The molecule has 122 valence electrons. The molecule has 0 aliphatic carbocycles. The fourth-order valence-electron chi connectivity index (χ4n) is 2.46. The largest absolute Gasteiger partial charge is 0.301 e. The van der Waals surface area contributed by atoms with Crippen LogP contribution < -0.4 is 0 Å². The lowest BCUT2D eigenvalue weighted by molar-refractivity contribution is 0.0967. The number of nitrogens with zero attached hydrogens (tertiary/aromatic N) is 1. The maximum atomic E-state index is 12.4. The van der Waals surface area contributed by atoms with E-state index in [4.69, 9.17) is 0 Å². The number of Topliss-reactive ketones (excluding diaryl/α,β-unsaturated/α-hetero) is 1. The summed E-state index contributed by atoms with van der Waals surface area (Å²) in [6.45, 7) is 2.73. The van der Waals surface area contributed by atoms with Crippen molar-refractivity contribution in [2.75, 3.05) is 30.3 Å². The van der Waals surface area contributed by atoms with Gasteiger partial charge < -0.3 is 4.90 Å². The normalized spacial score (nSPS) is 10.9. The third-order valence-corrected chi connectivity index (χ3v) is 4.48. The van der Waals surface area contributed by atoms with E-state index < -0.39 is 0 Å². The Morgan fingerprint density at radius 1 is 0.783 bits per heavy atom. The summed E-state index contributed by atoms with van der Waals surface area (Å²) in [5.74, 6) is 0.207. The predicted octanol–water partition coefficient (Wildman–Crippen LogP) is 5.02. The number of carbonyl (C=O) groups is 1. The summed E-state index contributed by atoms with van der Waals surface area (Å²) in [5, 5.41) is 1.86. The third kappa shape index (κ3) is 5.87. The molecule has 0 heterocycles. The topological polar surface area (TPSA) is 20.3 Å². The standard InChI is InChI=1S/C19H21Br2NO/c20-11-14-22(15-12-21)13-10-19(23)18-8-6-17(7-9-18)16-4-2-1-3-5-16/h1-9H,10-15H2. The molecule has 0 radical (unpaired) electrons. The van der Waals surface area contributed by atoms with E-state index in [0.29, 0.717) is 6.42 Å². The van der Waals surface area contributed by atoms with Crippen LogP contribution in [0.15, 0.2) is 54.6 Å². The van der Waals surface area contributed by atoms with Gasteiger partial charge in [0.25, 0.3) is 0 Å². The van der Waals surface area contributed by atoms with Crippen molar-refractivity contribution in [3.8, 4) is 11.1 Å². The number of hydrogen-bond acceptors (Lipinski definition) is 2. The van der Waals surface area contributed by atoms with Crippen molar-refractivity contribution >= 4 is 37.6 Å². The molecule has 0 bridgehead atoms. The predicted molar refractivity (Wildman–Crippen MR) is 105 cm³/mol. The maximum Gasteiger partial charge on any atom is 0.164 e. The molecule has 0 aromatic heterocycles. The summed E-state index contributed by atoms with van der Waals surface area (Å²) in [7, 11) is 0. The van der Waals surface area contributed by atoms with Gasteiger partial charge in [-0.15, -0.1) is 0 Å². The Kier molecular flexibility index (Phi) is 8.00. The molecule has 2 aromatic carbocycles. The van der Waals surface area contributed by atoms with Gasteiger partial charge in [-0.2, -0.15) is 0 Å². The lowest BCUT2D eigenvalue weighted by atomic mass is 10.0. The Morgan fingerprint density at radius 3 is 1.91 bits per heavy atom. The van der Waals surface area contributed by atoms with Gasteiger partial charge in [0.15, 0.2) is 5.78 Å². The maximum absolute atomic E-state index is 12.4. The summed E-state index contributed by atoms with van der Waals surface area (Å²) < 4.78 is 0. The number of alkyl halides is 2. The minimum absolute atomic E-state index is 0.207. The van der Waals surface area contributed by atoms with E-state index in [-0.39, 0.29) is 5.78 Å². The monoisotopic (exact) mass is 437 g/mol. The van der Waals surface area contributed by atoms with Crippen LogP contribution in [0, 0.1) is 0 Å². The van der Waals surface area contributed by atoms with Gasteiger partial charge in [-0.3, -0.25) is 4.79 Å². The number of hydrogen-bond donors (Lipinski definition) is 0. The van der Waals surface area contributed by atoms with Gasteiger partial charge in [0.2, 0.25) is 0 Å². The highest BCUT2D eigenvalue weighted by atomic mass is 79.9. The van der Waals surface area contributed by atoms with Crippen LogP contribution >= 0.6 is 31.9 Å². The molecule has 0 amide bonds. The summed E-state index contributed by atoms with van der Waals surface area (Å²) >= 11 is 6.92. The van der Waals surface area contributed by atoms with Gasteiger partial charge in [-0.05, 0) is 11.1 Å². The van der Waals surface area contributed by atoms with Crippen molar-refractivity contribution in [1.82, 2.24) is 4.90 Å². The number of benzene rings is 2. The average molecular weight is 439 g/mol. The van der Waals surface area contributed by atoms with E-state index in [2.05, 4.69) is 48.9 Å². The first-order chi connectivity index (χ1) is 11.2. The molecule has 2 aromatic rings. The molecule has 0 saturated carbocycles. The zero-order valence-corrected chi connectivity index (χ0v) is 16.2. The smallest absolute Gasteiger partial charge is 0.164 e. The van der Waals surface area contributed by atoms with Gasteiger partial charge in [0, 0.05) is 42.3 Å². The van der Waals surface area contributed by atoms with E-state index >= 15 is 0 Å². The van der Waals surface area contributed by atoms with Crippen molar-refractivity contribution in [2.45, 2.75) is 6.42 Å². The van der Waals surface area contributed by atoms with Crippen LogP contribution in [-0.2, 0) is 0 Å². The van der Waals surface area contributed by atoms with Crippen LogP contribution in [0.5, 0.6) is 0 Å². The van der Waals surface area contributed by atoms with Crippen LogP contribution in [0.1, 0.15) is 16.8 Å². The van der Waals surface area contributed by atoms with Crippen LogP contribution in [0.3, 0.4) is 0 Å². The van der Waals surface area contributed by atoms with E-state index in [1.165, 1.54) is 5.56 Å². The Morgan fingerprint density at radius 2 is 1.35 bits per heavy atom. The highest BCUT2D eigenvalue weighted by Crippen LogP contribution is 2.19. The van der Waals surface area contributed by atoms with Crippen molar-refractivity contribution in [2.24, 2.45) is 0 Å². The quantitative estimate of drug-likeness (QED) is 0.404. The summed E-state index contributed by atoms with van der Waals surface area (Å²) in [5.41, 5.74) is 3.11. The fraction of sp³-hybridized carbons (Fsp3) is 0.316. The van der Waals surface area contributed by atoms with E-state index in [0.717, 1.165) is 41.4 Å². The van der Waals surface area contributed by atoms with E-state index in [9.17, 15) is 4.79 Å². The first-order valence-corrected chi connectivity index (χ1v) is 10.0. The number of rotatable bonds is 9. The zero-order chi connectivity index (χ0) is 16.5. The Labute approximate surface area is 155 Å². The van der Waals surface area contributed by atoms with Crippen LogP contribution in [-0.4, -0.2) is 41.0 Å². The molecule has 2 nitrogen and oxygen atoms in total. The molecule has 4 heteroatoms. The first kappa shape index (κ1) is 18.4. The lowest BCUT2D eigenvalue weighted by Gasteiger charge is -2.19. The van der Waals surface area contributed by atoms with E-state index in [1.54, 1.807) is 0 Å². The van der Waals surface area contributed by atoms with Crippen LogP contribution in [0.2, 0.25) is 0 Å². The Balaban J connectivity index is 1.95. The molecule has 0 saturated heterocycles. The van der Waals surface area contributed by atoms with E-state index in [1.807, 2.05) is 42.5 Å². The highest BCUT2D eigenvalue weighted by molar-refractivity contribution is 9.09. The molecule has 0 atom stereocenters. The summed E-state index contributed by atoms with van der Waals surface area (Å²) in [4.78, 5) is 14.6. The molecule has 0 aliphatic heterocycles. The average Bonchev–Trinajstić information content (AvgIpc) is 2.61. The van der Waals surface area contributed by atoms with Gasteiger partial charge in [-0.1, -0.05) is 86.5 Å². The Hall–Kier alpha value is -0.970. The molecular weight excluding hydrogens is 418 g/mol. The fourth-order valence-corrected chi connectivity index (χ4v) is 3.46. The van der Waals surface area contributed by atoms with Gasteiger partial charge >= 0.3 is 0 Å². The van der Waals surface area contributed by atoms with Crippen LogP contribution in [0.4, 0.5) is 0 Å². The van der Waals surface area contributed by atoms with Crippen molar-refractivity contribution in [3.05, 3.63) is 60.2 Å². The molecule has 23 heavy (non-hydrogen) atoms. The summed E-state index contributed by atoms with van der Waals surface area (Å²) in [6, 6.07) is 18.1. The van der Waals surface area contributed by atoms with Crippen molar-refractivity contribution < 1.29 is 4.79 Å². The lowest BCUT2D eigenvalue weighted by Crippen LogP contribution is -2.30. The third-order valence-electron chi connectivity index (χ3n) is 3.77. The molecule has 0 fully saturated rings. The number of carbonyl (C=O) groups excluding carboxylic acids is 1. The molecule has 0 aliphatic rings. The van der Waals surface area contributed by atoms with Gasteiger partial charge in [-0.25, -0.2) is 0 Å². The SMILES string of the molecule is O=C(CCN(CCBr)CCBr)c1ccc(-c2ccccc2)cc1. The zero-order valence-electron chi connectivity index (χ0n) is 13.1. The number of ketones is 1. The molecule has 0 spiro atoms. The highest BCUT2D eigenvalue weighted by Gasteiger charge is 2.10. The van der Waals surface area contributed by atoms with Crippen molar-refractivity contribution in [3.63, 3.8) is 0 Å². The second kappa shape index (κ2) is 10.0. The molecule has 2 rings (SSSR count). The molecular formula is C19H21Br2NO. The molecule has 0 N–H and O–H groups in total. The summed E-state index contributed by atoms with van der Waals surface area (Å²) in [6.07, 6.45) is 0.560. The molecule has 0 unspecified atom stereocenters. The van der Waals surface area contributed by atoms with Crippen LogP contribution in [0.25, 0.3) is 11.1 Å². The second-order valence-corrected chi connectivity index (χ2v) is 6.92. The Bertz CT molecular complexity index is 593. The van der Waals surface area contributed by atoms with Crippen molar-refractivity contribution in [1.29, 1.82) is 0 Å².